The number of hydrogen-bond acceptors (Lipinski definition) is 10. The fraction of sp³-hybridized carbons (Fsp3) is 0.471. The number of esters is 1. The lowest BCUT2D eigenvalue weighted by atomic mass is 9.99. The molecule has 0 bridgehead atoms. The first-order valence-corrected chi connectivity index (χ1v) is 8.24. The maximum Gasteiger partial charge on any atom is 0.308 e. The average molecular weight is 384 g/mol. The molecular weight excluding hydrogens is 364 g/mol. The van der Waals surface area contributed by atoms with E-state index in [9.17, 15) is 30.3 Å². The molecule has 2 aliphatic heterocycles. The highest BCUT2D eigenvalue weighted by molar-refractivity contribution is 5.80. The van der Waals surface area contributed by atoms with Crippen LogP contribution in [0.3, 0.4) is 0 Å². The number of carbonyl (C=O) groups is 1. The Kier molecular flexibility index (Phi) is 5.53. The highest BCUT2D eigenvalue weighted by Crippen LogP contribution is 2.44. The molecular formula is C17H20O10. The van der Waals surface area contributed by atoms with Crippen molar-refractivity contribution >= 4 is 5.97 Å². The molecule has 3 rings (SSSR count). The van der Waals surface area contributed by atoms with Crippen molar-refractivity contribution in [1.82, 2.24) is 0 Å². The van der Waals surface area contributed by atoms with Crippen LogP contribution in [0.1, 0.15) is 12.2 Å². The Balaban J connectivity index is 1.64. The molecule has 2 heterocycles. The van der Waals surface area contributed by atoms with Crippen LogP contribution in [-0.2, 0) is 20.7 Å². The minimum absolute atomic E-state index is 0.0185. The van der Waals surface area contributed by atoms with Gasteiger partial charge in [-0.2, -0.15) is 0 Å². The van der Waals surface area contributed by atoms with E-state index in [-0.39, 0.29) is 35.7 Å². The van der Waals surface area contributed by atoms with Crippen molar-refractivity contribution < 1.29 is 49.3 Å². The minimum atomic E-state index is -1.68. The molecule has 0 aromatic heterocycles. The van der Waals surface area contributed by atoms with Gasteiger partial charge in [-0.1, -0.05) is 0 Å². The van der Waals surface area contributed by atoms with E-state index in [0.29, 0.717) is 5.56 Å². The van der Waals surface area contributed by atoms with Gasteiger partial charge in [0.1, 0.15) is 30.2 Å². The Morgan fingerprint density at radius 2 is 1.89 bits per heavy atom. The molecule has 3 aliphatic rings. The fourth-order valence-electron chi connectivity index (χ4n) is 2.98. The van der Waals surface area contributed by atoms with Gasteiger partial charge >= 0.3 is 5.97 Å². The summed E-state index contributed by atoms with van der Waals surface area (Å²) in [5.41, 5.74) is 0.809. The maximum absolute atomic E-state index is 12.1. The number of aliphatic hydroxyl groups is 4. The third-order valence-corrected chi connectivity index (χ3v) is 4.45. The van der Waals surface area contributed by atoms with Crippen LogP contribution < -0.4 is 0 Å². The maximum atomic E-state index is 12.1. The molecule has 1 aliphatic carbocycles. The standard InChI is InChI=1S/C17H20O10/c18-6-10-14(22)15(23)16(24)17(26-10)27-11(20)2-1-9-12-7(3-4-25-9)5-8(19)13(12)21/h3-5,10,14-19,21-24H,1-2,6H2/t10-,14-,15+,16-,17+/m1/s1. The van der Waals surface area contributed by atoms with Gasteiger partial charge in [0, 0.05) is 6.42 Å². The summed E-state index contributed by atoms with van der Waals surface area (Å²) in [6.45, 7) is -0.639. The summed E-state index contributed by atoms with van der Waals surface area (Å²) < 4.78 is 15.4. The van der Waals surface area contributed by atoms with Crippen molar-refractivity contribution in [2.24, 2.45) is 0 Å². The van der Waals surface area contributed by atoms with Crippen LogP contribution in [0.5, 0.6) is 11.5 Å². The SMILES string of the molecule is O=C(CCc1occc2cc(O)c(O)c1-2)O[C@@H]1O[C@H](CO)[C@@H](O)[C@H](O)[C@H]1O. The number of carbonyl (C=O) groups excluding carboxylic acids is 1. The molecule has 0 spiro atoms. The van der Waals surface area contributed by atoms with E-state index < -0.39 is 43.3 Å². The Bertz CT molecular complexity index is 769. The monoisotopic (exact) mass is 384 g/mol. The first-order valence-electron chi connectivity index (χ1n) is 8.24. The van der Waals surface area contributed by atoms with E-state index in [1.807, 2.05) is 0 Å². The lowest BCUT2D eigenvalue weighted by Crippen LogP contribution is -2.59. The number of aliphatic hydroxyl groups excluding tert-OH is 4. The van der Waals surface area contributed by atoms with E-state index in [4.69, 9.17) is 19.0 Å². The summed E-state index contributed by atoms with van der Waals surface area (Å²) >= 11 is 0. The summed E-state index contributed by atoms with van der Waals surface area (Å²) in [7, 11) is 0. The summed E-state index contributed by atoms with van der Waals surface area (Å²) in [6, 6.07) is 2.90. The van der Waals surface area contributed by atoms with Crippen LogP contribution in [0.15, 0.2) is 22.8 Å². The van der Waals surface area contributed by atoms with Crippen LogP contribution in [0.2, 0.25) is 0 Å². The fourth-order valence-corrected chi connectivity index (χ4v) is 2.98. The Morgan fingerprint density at radius 3 is 2.59 bits per heavy atom. The second kappa shape index (κ2) is 7.71. The van der Waals surface area contributed by atoms with Crippen LogP contribution in [0.25, 0.3) is 11.1 Å². The number of fused-ring (bicyclic) bond motifs is 1. The zero-order valence-corrected chi connectivity index (χ0v) is 14.1. The molecule has 5 atom stereocenters. The summed E-state index contributed by atoms with van der Waals surface area (Å²) in [5.74, 6) is -1.22. The lowest BCUT2D eigenvalue weighted by Gasteiger charge is -2.39. The van der Waals surface area contributed by atoms with Crippen LogP contribution in [0, 0.1) is 0 Å². The van der Waals surface area contributed by atoms with Gasteiger partial charge in [-0.15, -0.1) is 0 Å². The van der Waals surface area contributed by atoms with Gasteiger partial charge in [-0.3, -0.25) is 4.79 Å². The smallest absolute Gasteiger partial charge is 0.308 e. The number of ether oxygens (including phenoxy) is 2. The molecule has 10 heteroatoms. The topological polar surface area (TPSA) is 170 Å². The molecule has 1 saturated heterocycles. The van der Waals surface area contributed by atoms with Crippen LogP contribution >= 0.6 is 0 Å². The molecule has 0 radical (unpaired) electrons. The van der Waals surface area contributed by atoms with Crippen LogP contribution in [0.4, 0.5) is 0 Å². The first-order chi connectivity index (χ1) is 12.8. The predicted octanol–water partition coefficient (Wildman–Crippen LogP) is -0.929. The largest absolute Gasteiger partial charge is 0.504 e. The minimum Gasteiger partial charge on any atom is -0.504 e. The molecule has 1 fully saturated rings. The van der Waals surface area contributed by atoms with Crippen molar-refractivity contribution in [2.75, 3.05) is 6.61 Å². The van der Waals surface area contributed by atoms with Crippen molar-refractivity contribution in [3.63, 3.8) is 0 Å². The molecule has 6 N–H and O–H groups in total. The summed E-state index contributed by atoms with van der Waals surface area (Å²) in [6.07, 6.45) is -6.49. The van der Waals surface area contributed by atoms with Gasteiger partial charge in [0.25, 0.3) is 0 Å². The van der Waals surface area contributed by atoms with E-state index in [1.54, 1.807) is 6.07 Å². The van der Waals surface area contributed by atoms with Gasteiger partial charge in [0.2, 0.25) is 6.29 Å². The zero-order chi connectivity index (χ0) is 19.7. The van der Waals surface area contributed by atoms with Gasteiger partial charge in [-0.05, 0) is 17.7 Å². The van der Waals surface area contributed by atoms with Gasteiger partial charge in [0.15, 0.2) is 11.5 Å². The molecule has 27 heavy (non-hydrogen) atoms. The normalized spacial score (nSPS) is 28.4. The van der Waals surface area contributed by atoms with E-state index in [0.717, 1.165) is 0 Å². The summed E-state index contributed by atoms with van der Waals surface area (Å²) in [4.78, 5) is 12.1. The lowest BCUT2D eigenvalue weighted by molar-refractivity contribution is -0.292. The zero-order valence-electron chi connectivity index (χ0n) is 14.1. The number of aryl methyl sites for hydroxylation is 1. The Morgan fingerprint density at radius 1 is 1.15 bits per heavy atom. The highest BCUT2D eigenvalue weighted by Gasteiger charge is 2.45. The van der Waals surface area contributed by atoms with Gasteiger partial charge in [0.05, 0.1) is 24.9 Å². The van der Waals surface area contributed by atoms with Crippen LogP contribution in [-0.4, -0.2) is 73.9 Å². The summed E-state index contributed by atoms with van der Waals surface area (Å²) in [5, 5.41) is 57.9. The molecule has 0 aromatic carbocycles. The molecule has 0 unspecified atom stereocenters. The average Bonchev–Trinajstić information content (AvgIpc) is 2.95. The second-order valence-electron chi connectivity index (χ2n) is 6.24. The molecule has 10 nitrogen and oxygen atoms in total. The van der Waals surface area contributed by atoms with Crippen molar-refractivity contribution in [2.45, 2.75) is 43.5 Å². The molecule has 0 amide bonds. The number of aromatic hydroxyl groups is 2. The Labute approximate surface area is 153 Å². The number of hydrogen-bond donors (Lipinski definition) is 6. The third kappa shape index (κ3) is 3.70. The van der Waals surface area contributed by atoms with Crippen molar-refractivity contribution in [3.05, 3.63) is 24.2 Å². The van der Waals surface area contributed by atoms with E-state index in [2.05, 4.69) is 0 Å². The van der Waals surface area contributed by atoms with Gasteiger partial charge < -0.3 is 44.5 Å². The second-order valence-corrected chi connectivity index (χ2v) is 6.24. The molecule has 0 saturated carbocycles. The molecule has 148 valence electrons. The van der Waals surface area contributed by atoms with Crippen molar-refractivity contribution in [3.8, 4) is 22.6 Å². The quantitative estimate of drug-likeness (QED) is 0.354. The predicted molar refractivity (Wildman–Crippen MR) is 86.8 cm³/mol. The van der Waals surface area contributed by atoms with E-state index >= 15 is 0 Å². The Hall–Kier alpha value is -2.37. The molecule has 0 aromatic rings. The highest BCUT2D eigenvalue weighted by atomic mass is 16.7. The van der Waals surface area contributed by atoms with Crippen molar-refractivity contribution in [1.29, 1.82) is 0 Å². The van der Waals surface area contributed by atoms with E-state index in [1.165, 1.54) is 12.3 Å². The third-order valence-electron chi connectivity index (χ3n) is 4.45. The first kappa shape index (κ1) is 19.4. The number of rotatable bonds is 5. The van der Waals surface area contributed by atoms with Gasteiger partial charge in [-0.25, -0.2) is 0 Å².